The first-order valence-corrected chi connectivity index (χ1v) is 5.61. The van der Waals surface area contributed by atoms with Crippen molar-refractivity contribution >= 4 is 17.5 Å². The van der Waals surface area contributed by atoms with E-state index in [2.05, 4.69) is 6.92 Å². The van der Waals surface area contributed by atoms with E-state index in [1.54, 1.807) is 0 Å². The summed E-state index contributed by atoms with van der Waals surface area (Å²) in [5, 5.41) is 0. The van der Waals surface area contributed by atoms with E-state index in [1.807, 2.05) is 4.90 Å². The molecule has 1 atom stereocenters. The molecular formula is C10H18ClNO. The van der Waals surface area contributed by atoms with Gasteiger partial charge < -0.3 is 4.90 Å². The maximum absolute atomic E-state index is 11.5. The van der Waals surface area contributed by atoms with Crippen molar-refractivity contribution in [2.75, 3.05) is 19.0 Å². The minimum Gasteiger partial charge on any atom is -0.342 e. The number of carbonyl (C=O) groups is 1. The van der Waals surface area contributed by atoms with Gasteiger partial charge in [0.1, 0.15) is 0 Å². The number of likely N-dealkylation sites (tertiary alicyclic amines) is 1. The molecule has 1 amide bonds. The Morgan fingerprint density at radius 1 is 1.54 bits per heavy atom. The average Bonchev–Trinajstić information content (AvgIpc) is 2.52. The van der Waals surface area contributed by atoms with E-state index in [-0.39, 0.29) is 0 Å². The molecule has 1 aliphatic heterocycles. The summed E-state index contributed by atoms with van der Waals surface area (Å²) in [5.41, 5.74) is 0. The van der Waals surface area contributed by atoms with Gasteiger partial charge in [-0.15, -0.1) is 11.6 Å². The number of carbonyl (C=O) groups excluding carboxylic acids is 1. The van der Waals surface area contributed by atoms with E-state index >= 15 is 0 Å². The Bertz CT molecular complexity index is 172. The van der Waals surface area contributed by atoms with Crippen LogP contribution >= 0.6 is 11.6 Å². The molecule has 13 heavy (non-hydrogen) atoms. The predicted octanol–water partition coefficient (Wildman–Crippen LogP) is 2.26. The molecule has 1 aliphatic rings. The Morgan fingerprint density at radius 3 is 2.85 bits per heavy atom. The molecule has 0 aromatic heterocycles. The Hall–Kier alpha value is -0.240. The van der Waals surface area contributed by atoms with Crippen molar-refractivity contribution in [2.45, 2.75) is 32.6 Å². The molecule has 3 heteroatoms. The Kier molecular flexibility index (Phi) is 4.57. The van der Waals surface area contributed by atoms with Gasteiger partial charge in [-0.3, -0.25) is 4.79 Å². The van der Waals surface area contributed by atoms with Gasteiger partial charge in [-0.1, -0.05) is 6.92 Å². The van der Waals surface area contributed by atoms with Crippen LogP contribution in [0.1, 0.15) is 32.6 Å². The largest absolute Gasteiger partial charge is 0.342 e. The van der Waals surface area contributed by atoms with Gasteiger partial charge in [-0.2, -0.15) is 0 Å². The summed E-state index contributed by atoms with van der Waals surface area (Å²) in [6, 6.07) is 0. The van der Waals surface area contributed by atoms with E-state index in [1.165, 1.54) is 6.42 Å². The number of halogens is 1. The third kappa shape index (κ3) is 3.55. The molecule has 0 aliphatic carbocycles. The second-order valence-electron chi connectivity index (χ2n) is 3.88. The third-order valence-electron chi connectivity index (χ3n) is 2.55. The number of hydrogen-bond acceptors (Lipinski definition) is 1. The second-order valence-corrected chi connectivity index (χ2v) is 4.26. The number of alkyl halides is 1. The quantitative estimate of drug-likeness (QED) is 0.507. The number of hydrogen-bond donors (Lipinski definition) is 0. The highest BCUT2D eigenvalue weighted by molar-refractivity contribution is 6.17. The summed E-state index contributed by atoms with van der Waals surface area (Å²) in [7, 11) is 0. The minimum atomic E-state index is 0.314. The molecule has 0 spiro atoms. The summed E-state index contributed by atoms with van der Waals surface area (Å²) in [4.78, 5) is 13.5. The van der Waals surface area contributed by atoms with Crippen molar-refractivity contribution in [1.29, 1.82) is 0 Å². The summed E-state index contributed by atoms with van der Waals surface area (Å²) >= 11 is 5.54. The zero-order valence-corrected chi connectivity index (χ0v) is 9.02. The van der Waals surface area contributed by atoms with Crippen LogP contribution in [0.2, 0.25) is 0 Å². The van der Waals surface area contributed by atoms with Gasteiger partial charge in [0.15, 0.2) is 0 Å². The van der Waals surface area contributed by atoms with Crippen LogP contribution in [0.4, 0.5) is 0 Å². The van der Waals surface area contributed by atoms with Crippen molar-refractivity contribution in [3.05, 3.63) is 0 Å². The van der Waals surface area contributed by atoms with Crippen LogP contribution < -0.4 is 0 Å². The topological polar surface area (TPSA) is 20.3 Å². The fourth-order valence-corrected chi connectivity index (χ4v) is 1.88. The van der Waals surface area contributed by atoms with E-state index in [4.69, 9.17) is 11.6 Å². The molecule has 1 saturated heterocycles. The number of nitrogens with zero attached hydrogens (tertiary/aromatic N) is 1. The summed E-state index contributed by atoms with van der Waals surface area (Å²) in [6.45, 7) is 4.12. The molecule has 1 heterocycles. The van der Waals surface area contributed by atoms with Gasteiger partial charge in [-0.05, 0) is 25.2 Å². The van der Waals surface area contributed by atoms with Gasteiger partial charge in [0.05, 0.1) is 0 Å². The second kappa shape index (κ2) is 5.48. The lowest BCUT2D eigenvalue weighted by molar-refractivity contribution is -0.130. The maximum Gasteiger partial charge on any atom is 0.222 e. The molecule has 0 bridgehead atoms. The summed E-state index contributed by atoms with van der Waals surface area (Å²) in [5.74, 6) is 1.68. The number of amides is 1. The number of rotatable bonds is 4. The first-order chi connectivity index (χ1) is 6.24. The average molecular weight is 204 g/mol. The zero-order valence-electron chi connectivity index (χ0n) is 8.26. The lowest BCUT2D eigenvalue weighted by Crippen LogP contribution is -2.28. The highest BCUT2D eigenvalue weighted by Gasteiger charge is 2.22. The Morgan fingerprint density at radius 2 is 2.31 bits per heavy atom. The van der Waals surface area contributed by atoms with E-state index in [0.29, 0.717) is 24.1 Å². The van der Waals surface area contributed by atoms with Crippen molar-refractivity contribution in [3.8, 4) is 0 Å². The van der Waals surface area contributed by atoms with Gasteiger partial charge in [-0.25, -0.2) is 0 Å². The zero-order chi connectivity index (χ0) is 9.68. The van der Waals surface area contributed by atoms with E-state index in [9.17, 15) is 4.79 Å². The van der Waals surface area contributed by atoms with Gasteiger partial charge >= 0.3 is 0 Å². The molecule has 76 valence electrons. The third-order valence-corrected chi connectivity index (χ3v) is 2.82. The molecule has 1 fully saturated rings. The molecule has 0 saturated carbocycles. The predicted molar refractivity (Wildman–Crippen MR) is 54.9 cm³/mol. The lowest BCUT2D eigenvalue weighted by Gasteiger charge is -2.15. The molecule has 2 nitrogen and oxygen atoms in total. The molecule has 1 rings (SSSR count). The normalized spacial score (nSPS) is 22.3. The van der Waals surface area contributed by atoms with Crippen LogP contribution in [0.3, 0.4) is 0 Å². The van der Waals surface area contributed by atoms with Gasteiger partial charge in [0.25, 0.3) is 0 Å². The molecule has 0 radical (unpaired) electrons. The standard InChI is InChI=1S/C10H18ClNO/c1-9-5-7-12(8-9)10(13)4-2-3-6-11/h9H,2-8H2,1H3. The molecular weight excluding hydrogens is 186 g/mol. The van der Waals surface area contributed by atoms with Crippen molar-refractivity contribution in [1.82, 2.24) is 4.90 Å². The molecule has 0 aromatic rings. The summed E-state index contributed by atoms with van der Waals surface area (Å²) in [6.07, 6.45) is 3.74. The fraction of sp³-hybridized carbons (Fsp3) is 0.900. The van der Waals surface area contributed by atoms with Crippen LogP contribution in [0.25, 0.3) is 0 Å². The van der Waals surface area contributed by atoms with Crippen LogP contribution in [0.5, 0.6) is 0 Å². The van der Waals surface area contributed by atoms with Crippen molar-refractivity contribution < 1.29 is 4.79 Å². The van der Waals surface area contributed by atoms with Gasteiger partial charge in [0, 0.05) is 25.4 Å². The van der Waals surface area contributed by atoms with Crippen molar-refractivity contribution in [2.24, 2.45) is 5.92 Å². The smallest absolute Gasteiger partial charge is 0.222 e. The molecule has 1 unspecified atom stereocenters. The lowest BCUT2D eigenvalue weighted by atomic mass is 10.2. The van der Waals surface area contributed by atoms with E-state index in [0.717, 1.165) is 25.9 Å². The highest BCUT2D eigenvalue weighted by atomic mass is 35.5. The highest BCUT2D eigenvalue weighted by Crippen LogP contribution is 2.16. The molecule has 0 N–H and O–H groups in total. The first-order valence-electron chi connectivity index (χ1n) is 5.07. The fourth-order valence-electron chi connectivity index (χ4n) is 1.69. The Labute approximate surface area is 85.2 Å². The minimum absolute atomic E-state index is 0.314. The summed E-state index contributed by atoms with van der Waals surface area (Å²) < 4.78 is 0. The van der Waals surface area contributed by atoms with Crippen molar-refractivity contribution in [3.63, 3.8) is 0 Å². The van der Waals surface area contributed by atoms with Crippen LogP contribution in [-0.2, 0) is 4.79 Å². The molecule has 0 aromatic carbocycles. The monoisotopic (exact) mass is 203 g/mol. The number of unbranched alkanes of at least 4 members (excludes halogenated alkanes) is 1. The SMILES string of the molecule is CC1CCN(C(=O)CCCCCl)C1. The maximum atomic E-state index is 11.5. The van der Waals surface area contributed by atoms with Crippen LogP contribution in [-0.4, -0.2) is 29.8 Å². The van der Waals surface area contributed by atoms with E-state index < -0.39 is 0 Å². The first kappa shape index (κ1) is 10.8. The Balaban J connectivity index is 2.16. The van der Waals surface area contributed by atoms with Crippen LogP contribution in [0.15, 0.2) is 0 Å². The van der Waals surface area contributed by atoms with Gasteiger partial charge in [0.2, 0.25) is 5.91 Å². The van der Waals surface area contributed by atoms with Crippen LogP contribution in [0, 0.1) is 5.92 Å².